The maximum atomic E-state index is 11.8. The lowest BCUT2D eigenvalue weighted by Gasteiger charge is -2.17. The number of carbonyl (C=O) groups excluding carboxylic acids is 2. The normalized spacial score (nSPS) is 16.7. The molecule has 1 heterocycles. The molecule has 1 aliphatic rings. The Morgan fingerprint density at radius 3 is 2.90 bits per heavy atom. The number of anilines is 1. The number of amides is 2. The minimum absolute atomic E-state index is 0.0236. The van der Waals surface area contributed by atoms with Crippen LogP contribution >= 0.6 is 11.3 Å². The number of carbonyl (C=O) groups is 2. The Bertz CT molecular complexity index is 603. The van der Waals surface area contributed by atoms with Gasteiger partial charge in [0.25, 0.3) is 0 Å². The van der Waals surface area contributed by atoms with Crippen molar-refractivity contribution in [2.75, 3.05) is 18.5 Å². The molecule has 112 valence electrons. The first kappa shape index (κ1) is 15.5. The van der Waals surface area contributed by atoms with Crippen molar-refractivity contribution in [2.45, 2.75) is 26.2 Å². The molecule has 1 aliphatic carbocycles. The highest BCUT2D eigenvalue weighted by Gasteiger charge is 2.25. The molecule has 1 aromatic rings. The van der Waals surface area contributed by atoms with E-state index in [4.69, 9.17) is 5.11 Å². The van der Waals surface area contributed by atoms with Crippen LogP contribution in [0.1, 0.15) is 29.3 Å². The van der Waals surface area contributed by atoms with Crippen LogP contribution in [0.2, 0.25) is 0 Å². The number of hydrogen-bond donors (Lipinski definition) is 3. The van der Waals surface area contributed by atoms with E-state index in [1.165, 1.54) is 11.3 Å². The second kappa shape index (κ2) is 6.70. The first-order chi connectivity index (χ1) is 10.1. The zero-order valence-electron chi connectivity index (χ0n) is 11.7. The predicted molar refractivity (Wildman–Crippen MR) is 78.9 cm³/mol. The lowest BCUT2D eigenvalue weighted by molar-refractivity contribution is -0.136. The molecule has 0 saturated heterocycles. The molecule has 0 bridgehead atoms. The summed E-state index contributed by atoms with van der Waals surface area (Å²) in [6.07, 6.45) is 2.77. The average Bonchev–Trinajstić information content (AvgIpc) is 2.80. The van der Waals surface area contributed by atoms with Crippen LogP contribution in [-0.2, 0) is 22.4 Å². The van der Waals surface area contributed by atoms with Gasteiger partial charge in [0, 0.05) is 11.4 Å². The van der Waals surface area contributed by atoms with Gasteiger partial charge in [-0.15, -0.1) is 11.3 Å². The van der Waals surface area contributed by atoms with Crippen LogP contribution in [0.4, 0.5) is 5.00 Å². The summed E-state index contributed by atoms with van der Waals surface area (Å²) in [6.45, 7) is 1.96. The van der Waals surface area contributed by atoms with Crippen molar-refractivity contribution in [3.63, 3.8) is 0 Å². The number of fused-ring (bicyclic) bond motifs is 1. The lowest BCUT2D eigenvalue weighted by atomic mass is 9.89. The zero-order valence-corrected chi connectivity index (χ0v) is 12.5. The highest BCUT2D eigenvalue weighted by atomic mass is 32.1. The van der Waals surface area contributed by atoms with Crippen LogP contribution in [0.15, 0.2) is 0 Å². The molecule has 7 heteroatoms. The van der Waals surface area contributed by atoms with Crippen LogP contribution in [0.3, 0.4) is 0 Å². The van der Waals surface area contributed by atoms with E-state index < -0.39 is 11.8 Å². The summed E-state index contributed by atoms with van der Waals surface area (Å²) in [5.74, 6) is -1.06. The second-order valence-corrected chi connectivity index (χ2v) is 6.21. The highest BCUT2D eigenvalue weighted by Crippen LogP contribution is 2.39. The fourth-order valence-corrected chi connectivity index (χ4v) is 3.72. The summed E-state index contributed by atoms with van der Waals surface area (Å²) in [6, 6.07) is 2.13. The molecule has 0 aliphatic heterocycles. The fourth-order valence-electron chi connectivity index (χ4n) is 2.37. The summed E-state index contributed by atoms with van der Waals surface area (Å²) in [5.41, 5.74) is 1.48. The molecular weight excluding hydrogens is 290 g/mol. The van der Waals surface area contributed by atoms with Crippen LogP contribution in [-0.4, -0.2) is 30.1 Å². The Balaban J connectivity index is 2.16. The molecule has 0 spiro atoms. The second-order valence-electron chi connectivity index (χ2n) is 5.10. The van der Waals surface area contributed by atoms with Gasteiger partial charge in [-0.25, -0.2) is 0 Å². The molecule has 0 radical (unpaired) electrons. The van der Waals surface area contributed by atoms with Crippen LogP contribution in [0.25, 0.3) is 0 Å². The van der Waals surface area contributed by atoms with Crippen molar-refractivity contribution in [1.29, 1.82) is 5.26 Å². The van der Waals surface area contributed by atoms with Crippen molar-refractivity contribution in [3.8, 4) is 6.07 Å². The van der Waals surface area contributed by atoms with Gasteiger partial charge < -0.3 is 15.7 Å². The third-order valence-electron chi connectivity index (χ3n) is 3.45. The number of rotatable bonds is 3. The van der Waals surface area contributed by atoms with Crippen molar-refractivity contribution in [3.05, 3.63) is 16.0 Å². The van der Waals surface area contributed by atoms with Gasteiger partial charge in [0.1, 0.15) is 11.1 Å². The van der Waals surface area contributed by atoms with Gasteiger partial charge in [0.2, 0.25) is 0 Å². The van der Waals surface area contributed by atoms with Crippen molar-refractivity contribution >= 4 is 28.2 Å². The van der Waals surface area contributed by atoms with E-state index >= 15 is 0 Å². The summed E-state index contributed by atoms with van der Waals surface area (Å²) >= 11 is 1.38. The third kappa shape index (κ3) is 3.40. The van der Waals surface area contributed by atoms with Gasteiger partial charge in [0.15, 0.2) is 0 Å². The smallest absolute Gasteiger partial charge is 0.314 e. The maximum Gasteiger partial charge on any atom is 0.314 e. The molecule has 1 unspecified atom stereocenters. The van der Waals surface area contributed by atoms with Gasteiger partial charge >= 0.3 is 11.8 Å². The molecule has 1 atom stereocenters. The van der Waals surface area contributed by atoms with E-state index in [0.717, 1.165) is 29.7 Å². The Kier molecular flexibility index (Phi) is 4.94. The highest BCUT2D eigenvalue weighted by molar-refractivity contribution is 7.16. The van der Waals surface area contributed by atoms with E-state index in [1.54, 1.807) is 0 Å². The molecular formula is C14H17N3O3S. The SMILES string of the molecule is CC1CCc2c(sc(NC(=O)C(=O)NCCO)c2C#N)C1. The molecule has 6 nitrogen and oxygen atoms in total. The number of nitrogens with one attached hydrogen (secondary N) is 2. The standard InChI is InChI=1S/C14H17N3O3S/c1-8-2-3-9-10(7-15)14(21-11(9)6-8)17-13(20)12(19)16-4-5-18/h8,18H,2-6H2,1H3,(H,16,19)(H,17,20). The number of nitriles is 1. The topological polar surface area (TPSA) is 102 Å². The molecule has 2 rings (SSSR count). The van der Waals surface area contributed by atoms with Crippen molar-refractivity contribution in [2.24, 2.45) is 5.92 Å². The average molecular weight is 307 g/mol. The van der Waals surface area contributed by atoms with E-state index in [0.29, 0.717) is 16.5 Å². The van der Waals surface area contributed by atoms with Gasteiger partial charge in [-0.2, -0.15) is 5.26 Å². The van der Waals surface area contributed by atoms with Crippen LogP contribution in [0.5, 0.6) is 0 Å². The van der Waals surface area contributed by atoms with E-state index in [9.17, 15) is 14.9 Å². The van der Waals surface area contributed by atoms with Crippen LogP contribution in [0, 0.1) is 17.2 Å². The molecule has 3 N–H and O–H groups in total. The Labute approximate surface area is 126 Å². The molecule has 2 amide bonds. The number of nitrogens with zero attached hydrogens (tertiary/aromatic N) is 1. The summed E-state index contributed by atoms with van der Waals surface area (Å²) in [5, 5.41) is 23.1. The zero-order chi connectivity index (χ0) is 15.4. The summed E-state index contributed by atoms with van der Waals surface area (Å²) in [4.78, 5) is 24.4. The van der Waals surface area contributed by atoms with Crippen molar-refractivity contribution in [1.82, 2.24) is 5.32 Å². The number of aliphatic hydroxyl groups is 1. The first-order valence-electron chi connectivity index (χ1n) is 6.81. The van der Waals surface area contributed by atoms with E-state index in [1.807, 2.05) is 0 Å². The number of aliphatic hydroxyl groups excluding tert-OH is 1. The van der Waals surface area contributed by atoms with Crippen molar-refractivity contribution < 1.29 is 14.7 Å². The van der Waals surface area contributed by atoms with E-state index in [-0.39, 0.29) is 13.2 Å². The number of thiophene rings is 1. The van der Waals surface area contributed by atoms with E-state index in [2.05, 4.69) is 23.6 Å². The third-order valence-corrected chi connectivity index (χ3v) is 4.62. The lowest BCUT2D eigenvalue weighted by Crippen LogP contribution is -2.36. The largest absolute Gasteiger partial charge is 0.395 e. The summed E-state index contributed by atoms with van der Waals surface area (Å²) < 4.78 is 0. The fraction of sp³-hybridized carbons (Fsp3) is 0.500. The Hall–Kier alpha value is -1.91. The molecule has 0 fully saturated rings. The maximum absolute atomic E-state index is 11.8. The minimum atomic E-state index is -0.813. The predicted octanol–water partition coefficient (Wildman–Crippen LogP) is 0.792. The molecule has 1 aromatic heterocycles. The van der Waals surface area contributed by atoms with Gasteiger partial charge in [-0.3, -0.25) is 9.59 Å². The Morgan fingerprint density at radius 2 is 2.24 bits per heavy atom. The van der Waals surface area contributed by atoms with Gasteiger partial charge in [-0.1, -0.05) is 6.92 Å². The minimum Gasteiger partial charge on any atom is -0.395 e. The monoisotopic (exact) mass is 307 g/mol. The quantitative estimate of drug-likeness (QED) is 0.718. The summed E-state index contributed by atoms with van der Waals surface area (Å²) in [7, 11) is 0. The van der Waals surface area contributed by atoms with Gasteiger partial charge in [-0.05, 0) is 30.7 Å². The molecule has 21 heavy (non-hydrogen) atoms. The Morgan fingerprint density at radius 1 is 1.48 bits per heavy atom. The first-order valence-corrected chi connectivity index (χ1v) is 7.63. The molecule has 0 saturated carbocycles. The van der Waals surface area contributed by atoms with Crippen LogP contribution < -0.4 is 10.6 Å². The molecule has 0 aromatic carbocycles. The number of hydrogen-bond acceptors (Lipinski definition) is 5. The van der Waals surface area contributed by atoms with Gasteiger partial charge in [0.05, 0.1) is 12.2 Å².